The van der Waals surface area contributed by atoms with Crippen molar-refractivity contribution in [2.75, 3.05) is 6.61 Å². The van der Waals surface area contributed by atoms with Crippen molar-refractivity contribution in [3.8, 4) is 11.5 Å². The van der Waals surface area contributed by atoms with Gasteiger partial charge in [-0.05, 0) is 48.2 Å². The molecule has 26 heavy (non-hydrogen) atoms. The number of hydrogen-bond acceptors (Lipinski definition) is 4. The quantitative estimate of drug-likeness (QED) is 0.575. The predicted molar refractivity (Wildman–Crippen MR) is 102 cm³/mol. The minimum absolute atomic E-state index is 0.126. The zero-order valence-electron chi connectivity index (χ0n) is 14.0. The molecule has 134 valence electrons. The molecule has 1 N–H and O–H groups in total. The van der Waals surface area contributed by atoms with E-state index in [0.717, 1.165) is 10.9 Å². The highest BCUT2D eigenvalue weighted by atomic mass is 35.5. The molecule has 0 aliphatic rings. The molecule has 3 aromatic rings. The Bertz CT molecular complexity index is 969. The van der Waals surface area contributed by atoms with E-state index in [2.05, 4.69) is 0 Å². The lowest BCUT2D eigenvalue weighted by Gasteiger charge is -2.12. The highest BCUT2D eigenvalue weighted by Gasteiger charge is 2.15. The standard InChI is InChI=1S/C20H16Cl2O4/c1-2-25-20(24)15-9-13-4-3-5-19(14(13)10-18(15)23)26-11-12-6-7-16(21)17(22)8-12/h3-10,23H,2,11H2,1H3. The molecule has 0 aromatic heterocycles. The molecule has 0 heterocycles. The van der Waals surface area contributed by atoms with Gasteiger partial charge in [-0.2, -0.15) is 0 Å². The van der Waals surface area contributed by atoms with Gasteiger partial charge in [0.25, 0.3) is 0 Å². The largest absolute Gasteiger partial charge is 0.507 e. The van der Waals surface area contributed by atoms with Crippen molar-refractivity contribution >= 4 is 39.9 Å². The van der Waals surface area contributed by atoms with Crippen LogP contribution in [0.2, 0.25) is 10.0 Å². The van der Waals surface area contributed by atoms with Crippen LogP contribution in [0, 0.1) is 0 Å². The molecule has 0 amide bonds. The van der Waals surface area contributed by atoms with E-state index in [1.165, 1.54) is 6.07 Å². The van der Waals surface area contributed by atoms with E-state index in [-0.39, 0.29) is 24.5 Å². The molecule has 0 spiro atoms. The van der Waals surface area contributed by atoms with Crippen LogP contribution >= 0.6 is 23.2 Å². The van der Waals surface area contributed by atoms with Crippen LogP contribution in [0.4, 0.5) is 0 Å². The van der Waals surface area contributed by atoms with Gasteiger partial charge in [0.2, 0.25) is 0 Å². The van der Waals surface area contributed by atoms with Crippen molar-refractivity contribution in [2.24, 2.45) is 0 Å². The summed E-state index contributed by atoms with van der Waals surface area (Å²) in [5.41, 5.74) is 0.991. The first-order chi connectivity index (χ1) is 12.5. The van der Waals surface area contributed by atoms with Crippen LogP contribution in [0.5, 0.6) is 11.5 Å². The fourth-order valence-electron chi connectivity index (χ4n) is 2.57. The molecule has 0 bridgehead atoms. The van der Waals surface area contributed by atoms with E-state index in [9.17, 15) is 9.90 Å². The van der Waals surface area contributed by atoms with Gasteiger partial charge in [0.05, 0.1) is 16.7 Å². The Hall–Kier alpha value is -2.43. The lowest BCUT2D eigenvalue weighted by Crippen LogP contribution is -2.05. The zero-order valence-corrected chi connectivity index (χ0v) is 15.5. The Morgan fingerprint density at radius 3 is 2.62 bits per heavy atom. The van der Waals surface area contributed by atoms with E-state index >= 15 is 0 Å². The topological polar surface area (TPSA) is 55.8 Å². The van der Waals surface area contributed by atoms with Crippen LogP contribution in [0.25, 0.3) is 10.8 Å². The average Bonchev–Trinajstić information content (AvgIpc) is 2.62. The maximum absolute atomic E-state index is 11.9. The summed E-state index contributed by atoms with van der Waals surface area (Å²) in [6, 6.07) is 13.8. The molecule has 0 saturated heterocycles. The van der Waals surface area contributed by atoms with E-state index in [1.807, 2.05) is 18.2 Å². The number of carbonyl (C=O) groups is 1. The Kier molecular flexibility index (Phi) is 5.55. The molecule has 0 fully saturated rings. The number of esters is 1. The second-order valence-corrected chi connectivity index (χ2v) is 6.42. The van der Waals surface area contributed by atoms with Gasteiger partial charge in [-0.15, -0.1) is 0 Å². The Balaban J connectivity index is 1.90. The van der Waals surface area contributed by atoms with Gasteiger partial charge in [0, 0.05) is 5.39 Å². The number of halogens is 2. The number of phenols is 1. The number of aromatic hydroxyl groups is 1. The molecule has 3 rings (SSSR count). The van der Waals surface area contributed by atoms with Gasteiger partial charge in [-0.3, -0.25) is 0 Å². The van der Waals surface area contributed by atoms with Crippen LogP contribution in [0.1, 0.15) is 22.8 Å². The highest BCUT2D eigenvalue weighted by Crippen LogP contribution is 2.32. The van der Waals surface area contributed by atoms with Crippen molar-refractivity contribution in [1.82, 2.24) is 0 Å². The maximum Gasteiger partial charge on any atom is 0.341 e. The Morgan fingerprint density at radius 1 is 1.08 bits per heavy atom. The summed E-state index contributed by atoms with van der Waals surface area (Å²) >= 11 is 11.9. The molecule has 0 saturated carbocycles. The molecule has 6 heteroatoms. The first-order valence-corrected chi connectivity index (χ1v) is 8.74. The fraction of sp³-hybridized carbons (Fsp3) is 0.150. The smallest absolute Gasteiger partial charge is 0.341 e. The third-order valence-corrected chi connectivity index (χ3v) is 4.57. The summed E-state index contributed by atoms with van der Waals surface area (Å²) < 4.78 is 10.8. The molecule has 0 unspecified atom stereocenters. The monoisotopic (exact) mass is 390 g/mol. The normalized spacial score (nSPS) is 10.7. The van der Waals surface area contributed by atoms with E-state index in [4.69, 9.17) is 32.7 Å². The van der Waals surface area contributed by atoms with Crippen molar-refractivity contribution in [3.63, 3.8) is 0 Å². The van der Waals surface area contributed by atoms with Gasteiger partial charge in [0.15, 0.2) is 0 Å². The first-order valence-electron chi connectivity index (χ1n) is 7.99. The molecule has 0 aliphatic carbocycles. The Labute approximate surface area is 160 Å². The fourth-order valence-corrected chi connectivity index (χ4v) is 2.89. The summed E-state index contributed by atoms with van der Waals surface area (Å²) in [6.45, 7) is 2.24. The second-order valence-electron chi connectivity index (χ2n) is 5.60. The van der Waals surface area contributed by atoms with Gasteiger partial charge in [-0.25, -0.2) is 4.79 Å². The molecule has 4 nitrogen and oxygen atoms in total. The van der Waals surface area contributed by atoms with Crippen molar-refractivity contribution < 1.29 is 19.4 Å². The highest BCUT2D eigenvalue weighted by molar-refractivity contribution is 6.42. The first kappa shape index (κ1) is 18.4. The van der Waals surface area contributed by atoms with Gasteiger partial charge in [-0.1, -0.05) is 41.4 Å². The van der Waals surface area contributed by atoms with Crippen LogP contribution in [0.3, 0.4) is 0 Å². The minimum atomic E-state index is -0.561. The molecule has 0 radical (unpaired) electrons. The number of carbonyl (C=O) groups excluding carboxylic acids is 1. The third-order valence-electron chi connectivity index (χ3n) is 3.83. The maximum atomic E-state index is 11.9. The second kappa shape index (κ2) is 7.85. The van der Waals surface area contributed by atoms with Gasteiger partial charge in [0.1, 0.15) is 23.7 Å². The molecule has 3 aromatic carbocycles. The SMILES string of the molecule is CCOC(=O)c1cc2cccc(OCc3ccc(Cl)c(Cl)c3)c2cc1O. The zero-order chi connectivity index (χ0) is 18.7. The van der Waals surface area contributed by atoms with Crippen molar-refractivity contribution in [1.29, 1.82) is 0 Å². The molecule has 0 aliphatic heterocycles. The number of phenolic OH excluding ortho intramolecular Hbond substituents is 1. The number of benzene rings is 3. The van der Waals surface area contributed by atoms with Gasteiger partial charge >= 0.3 is 5.97 Å². The minimum Gasteiger partial charge on any atom is -0.507 e. The van der Waals surface area contributed by atoms with E-state index in [1.54, 1.807) is 31.2 Å². The molecular formula is C20H16Cl2O4. The summed E-state index contributed by atoms with van der Waals surface area (Å²) in [5, 5.41) is 12.6. The molecular weight excluding hydrogens is 375 g/mol. The van der Waals surface area contributed by atoms with Crippen LogP contribution in [-0.4, -0.2) is 17.7 Å². The Morgan fingerprint density at radius 2 is 1.88 bits per heavy atom. The summed E-state index contributed by atoms with van der Waals surface area (Å²) in [4.78, 5) is 11.9. The van der Waals surface area contributed by atoms with Crippen LogP contribution in [0.15, 0.2) is 48.5 Å². The third kappa shape index (κ3) is 3.87. The van der Waals surface area contributed by atoms with Crippen molar-refractivity contribution in [2.45, 2.75) is 13.5 Å². The van der Waals surface area contributed by atoms with E-state index in [0.29, 0.717) is 21.2 Å². The lowest BCUT2D eigenvalue weighted by molar-refractivity contribution is 0.0523. The summed E-state index contributed by atoms with van der Waals surface area (Å²) in [5.74, 6) is -0.130. The summed E-state index contributed by atoms with van der Waals surface area (Å²) in [7, 11) is 0. The van der Waals surface area contributed by atoms with Crippen LogP contribution in [-0.2, 0) is 11.3 Å². The molecule has 0 atom stereocenters. The number of rotatable bonds is 5. The summed E-state index contributed by atoms with van der Waals surface area (Å²) in [6.07, 6.45) is 0. The van der Waals surface area contributed by atoms with Crippen LogP contribution < -0.4 is 4.74 Å². The number of ether oxygens (including phenoxy) is 2. The average molecular weight is 391 g/mol. The number of fused-ring (bicyclic) bond motifs is 1. The number of hydrogen-bond donors (Lipinski definition) is 1. The predicted octanol–water partition coefficient (Wildman–Crippen LogP) is 5.61. The van der Waals surface area contributed by atoms with E-state index < -0.39 is 5.97 Å². The lowest BCUT2D eigenvalue weighted by atomic mass is 10.0. The van der Waals surface area contributed by atoms with Crippen molar-refractivity contribution in [3.05, 3.63) is 69.7 Å². The van der Waals surface area contributed by atoms with Gasteiger partial charge < -0.3 is 14.6 Å².